The second-order valence-corrected chi connectivity index (χ2v) is 10.2. The molecule has 190 valence electrons. The zero-order chi connectivity index (χ0) is 26.4. The van der Waals surface area contributed by atoms with Crippen LogP contribution in [0.25, 0.3) is 16.9 Å². The van der Waals surface area contributed by atoms with Gasteiger partial charge in [-0.05, 0) is 48.7 Å². The molecule has 12 heteroatoms. The molecule has 2 aromatic carbocycles. The minimum Gasteiger partial charge on any atom is -0.325 e. The van der Waals surface area contributed by atoms with Gasteiger partial charge in [0.1, 0.15) is 0 Å². The molecule has 5 aromatic rings. The third kappa shape index (κ3) is 4.34. The van der Waals surface area contributed by atoms with E-state index in [1.165, 1.54) is 23.4 Å². The van der Waals surface area contributed by atoms with Crippen LogP contribution in [0.5, 0.6) is 0 Å². The number of carbonyl (C=O) groups is 1. The molecule has 0 aliphatic heterocycles. The Bertz CT molecular complexity index is 1800. The number of hydrogen-bond acceptors (Lipinski definition) is 6. The Kier molecular flexibility index (Phi) is 6.42. The van der Waals surface area contributed by atoms with Gasteiger partial charge in [0.15, 0.2) is 16.3 Å². The molecule has 0 atom stereocenters. The predicted octanol–water partition coefficient (Wildman–Crippen LogP) is 3.13. The van der Waals surface area contributed by atoms with Gasteiger partial charge in [-0.3, -0.25) is 23.3 Å². The smallest absolute Gasteiger partial charge is 0.325 e. The average molecular weight is 538 g/mol. The number of thioether (sulfide) groups is 1. The van der Waals surface area contributed by atoms with Crippen molar-refractivity contribution in [2.75, 3.05) is 11.1 Å². The molecule has 1 amide bonds. The second-order valence-electron chi connectivity index (χ2n) is 8.79. The molecular formula is C25H24ClN7O3S. The fourth-order valence-corrected chi connectivity index (χ4v) is 5.10. The lowest BCUT2D eigenvalue weighted by atomic mass is 10.1. The molecule has 0 radical (unpaired) electrons. The predicted molar refractivity (Wildman–Crippen MR) is 145 cm³/mol. The molecule has 5 rings (SSSR count). The Balaban J connectivity index is 1.57. The number of aryl methyl sites for hydroxylation is 2. The standard InChI is InChI=1S/C25H24ClN7O3S/c1-14-6-5-7-18(15(14)2)27-19(34)13-37-24-29-28-23-32(12-16-8-10-17(26)11-9-16)20-21(33(23)24)30(3)25(36)31(4)22(20)35/h5-11H,12-13H2,1-4H3,(H,27,34). The highest BCUT2D eigenvalue weighted by atomic mass is 35.5. The lowest BCUT2D eigenvalue weighted by Crippen LogP contribution is -2.37. The molecule has 0 unspecified atom stereocenters. The molecule has 3 aromatic heterocycles. The molecule has 10 nitrogen and oxygen atoms in total. The molecule has 0 aliphatic rings. The summed E-state index contributed by atoms with van der Waals surface area (Å²) in [5.74, 6) is 0.252. The maximum absolute atomic E-state index is 13.2. The number of nitrogens with one attached hydrogen (secondary N) is 1. The fraction of sp³-hybridized carbons (Fsp3) is 0.240. The van der Waals surface area contributed by atoms with Crippen LogP contribution in [-0.2, 0) is 25.4 Å². The van der Waals surface area contributed by atoms with Crippen molar-refractivity contribution in [1.82, 2.24) is 28.3 Å². The number of nitrogens with zero attached hydrogens (tertiary/aromatic N) is 6. The molecular weight excluding hydrogens is 514 g/mol. The number of imidazole rings is 1. The van der Waals surface area contributed by atoms with Crippen molar-refractivity contribution in [2.24, 2.45) is 14.1 Å². The van der Waals surface area contributed by atoms with Gasteiger partial charge in [-0.15, -0.1) is 10.2 Å². The normalized spacial score (nSPS) is 11.5. The van der Waals surface area contributed by atoms with Crippen molar-refractivity contribution < 1.29 is 4.79 Å². The highest BCUT2D eigenvalue weighted by Gasteiger charge is 2.24. The van der Waals surface area contributed by atoms with Crippen LogP contribution in [0, 0.1) is 13.8 Å². The van der Waals surface area contributed by atoms with E-state index in [0.29, 0.717) is 33.7 Å². The van der Waals surface area contributed by atoms with E-state index in [-0.39, 0.29) is 11.7 Å². The van der Waals surface area contributed by atoms with Gasteiger partial charge >= 0.3 is 5.69 Å². The molecule has 37 heavy (non-hydrogen) atoms. The Morgan fingerprint density at radius 2 is 1.76 bits per heavy atom. The van der Waals surface area contributed by atoms with E-state index in [9.17, 15) is 14.4 Å². The van der Waals surface area contributed by atoms with Gasteiger partial charge in [0.25, 0.3) is 5.56 Å². The third-order valence-corrected chi connectivity index (χ3v) is 7.60. The van der Waals surface area contributed by atoms with Crippen molar-refractivity contribution in [3.05, 3.63) is 85.0 Å². The van der Waals surface area contributed by atoms with E-state index >= 15 is 0 Å². The van der Waals surface area contributed by atoms with Crippen LogP contribution in [0.3, 0.4) is 0 Å². The second kappa shape index (κ2) is 9.56. The first-order valence-electron chi connectivity index (χ1n) is 11.4. The summed E-state index contributed by atoms with van der Waals surface area (Å²) in [5.41, 5.74) is 3.49. The van der Waals surface area contributed by atoms with Crippen molar-refractivity contribution in [3.8, 4) is 0 Å². The van der Waals surface area contributed by atoms with Gasteiger partial charge in [-0.25, -0.2) is 9.20 Å². The van der Waals surface area contributed by atoms with E-state index in [1.807, 2.05) is 44.2 Å². The first-order chi connectivity index (χ1) is 17.7. The van der Waals surface area contributed by atoms with Crippen LogP contribution < -0.4 is 16.6 Å². The highest BCUT2D eigenvalue weighted by Crippen LogP contribution is 2.25. The molecule has 0 spiro atoms. The van der Waals surface area contributed by atoms with Crippen LogP contribution >= 0.6 is 23.4 Å². The Morgan fingerprint density at radius 1 is 1.03 bits per heavy atom. The molecule has 0 bridgehead atoms. The average Bonchev–Trinajstić information content (AvgIpc) is 3.43. The molecule has 0 saturated heterocycles. The molecule has 1 N–H and O–H groups in total. The number of fused-ring (bicyclic) bond motifs is 3. The van der Waals surface area contributed by atoms with Crippen molar-refractivity contribution in [3.63, 3.8) is 0 Å². The number of anilines is 1. The van der Waals surface area contributed by atoms with Crippen LogP contribution in [0.15, 0.2) is 57.2 Å². The quantitative estimate of drug-likeness (QED) is 0.333. The molecule has 0 fully saturated rings. The monoisotopic (exact) mass is 537 g/mol. The highest BCUT2D eigenvalue weighted by molar-refractivity contribution is 7.99. The Labute approximate surface area is 220 Å². The summed E-state index contributed by atoms with van der Waals surface area (Å²) < 4.78 is 5.85. The third-order valence-electron chi connectivity index (χ3n) is 6.42. The number of benzene rings is 2. The zero-order valence-corrected chi connectivity index (χ0v) is 22.2. The van der Waals surface area contributed by atoms with E-state index in [0.717, 1.165) is 26.9 Å². The van der Waals surface area contributed by atoms with Crippen LogP contribution in [0.2, 0.25) is 5.02 Å². The van der Waals surface area contributed by atoms with Crippen molar-refractivity contribution in [2.45, 2.75) is 25.5 Å². The summed E-state index contributed by atoms with van der Waals surface area (Å²) in [5, 5.41) is 12.6. The number of carbonyl (C=O) groups excluding carboxylic acids is 1. The molecule has 0 saturated carbocycles. The van der Waals surface area contributed by atoms with E-state index < -0.39 is 11.2 Å². The SMILES string of the molecule is Cc1cccc(NC(=O)CSc2nnc3n(Cc4ccc(Cl)cc4)c4c(=O)n(C)c(=O)n(C)c4n23)c1C. The van der Waals surface area contributed by atoms with E-state index in [2.05, 4.69) is 15.5 Å². The summed E-state index contributed by atoms with van der Waals surface area (Å²) in [6.45, 7) is 4.26. The van der Waals surface area contributed by atoms with Crippen LogP contribution in [0.4, 0.5) is 5.69 Å². The lowest BCUT2D eigenvalue weighted by Gasteiger charge is -2.10. The number of hydrogen-bond donors (Lipinski definition) is 1. The number of aromatic nitrogens is 6. The Morgan fingerprint density at radius 3 is 2.49 bits per heavy atom. The summed E-state index contributed by atoms with van der Waals surface area (Å²) in [6, 6.07) is 13.0. The largest absolute Gasteiger partial charge is 0.332 e. The van der Waals surface area contributed by atoms with E-state index in [4.69, 9.17) is 11.6 Å². The zero-order valence-electron chi connectivity index (χ0n) is 20.6. The first kappa shape index (κ1) is 24.8. The summed E-state index contributed by atoms with van der Waals surface area (Å²) >= 11 is 7.22. The maximum atomic E-state index is 13.2. The fourth-order valence-electron chi connectivity index (χ4n) is 4.25. The lowest BCUT2D eigenvalue weighted by molar-refractivity contribution is -0.113. The summed E-state index contributed by atoms with van der Waals surface area (Å²) in [4.78, 5) is 38.8. The maximum Gasteiger partial charge on any atom is 0.332 e. The van der Waals surface area contributed by atoms with Gasteiger partial charge in [0.05, 0.1) is 12.3 Å². The van der Waals surface area contributed by atoms with Gasteiger partial charge in [-0.1, -0.05) is 47.6 Å². The van der Waals surface area contributed by atoms with Crippen LogP contribution in [0.1, 0.15) is 16.7 Å². The van der Waals surface area contributed by atoms with Crippen LogP contribution in [-0.4, -0.2) is 40.0 Å². The van der Waals surface area contributed by atoms with Crippen molar-refractivity contribution in [1.29, 1.82) is 0 Å². The van der Waals surface area contributed by atoms with Gasteiger partial charge in [0, 0.05) is 24.8 Å². The topological polar surface area (TPSA) is 108 Å². The number of amides is 1. The molecule has 0 aliphatic carbocycles. The van der Waals surface area contributed by atoms with Gasteiger partial charge < -0.3 is 5.32 Å². The van der Waals surface area contributed by atoms with Gasteiger partial charge in [-0.2, -0.15) is 0 Å². The minimum absolute atomic E-state index is 0.0663. The summed E-state index contributed by atoms with van der Waals surface area (Å²) in [7, 11) is 3.04. The summed E-state index contributed by atoms with van der Waals surface area (Å²) in [6.07, 6.45) is 0. The first-order valence-corrected chi connectivity index (χ1v) is 12.8. The Hall–Kier alpha value is -3.83. The number of halogens is 1. The van der Waals surface area contributed by atoms with E-state index in [1.54, 1.807) is 28.1 Å². The van der Waals surface area contributed by atoms with Crippen molar-refractivity contribution >= 4 is 51.9 Å². The van der Waals surface area contributed by atoms with Gasteiger partial charge in [0.2, 0.25) is 11.7 Å². The minimum atomic E-state index is -0.472. The number of rotatable bonds is 6. The molecule has 3 heterocycles.